The van der Waals surface area contributed by atoms with E-state index in [1.54, 1.807) is 7.11 Å². The summed E-state index contributed by atoms with van der Waals surface area (Å²) in [4.78, 5) is 4.36. The van der Waals surface area contributed by atoms with Crippen LogP contribution in [0, 0.1) is 5.41 Å². The van der Waals surface area contributed by atoms with Crippen molar-refractivity contribution in [3.05, 3.63) is 18.2 Å². The SMILES string of the molecule is COc1ccc2nc(N)n(CC(C)(C)C)c2c1. The number of nitrogens with two attached hydrogens (primary N) is 1. The second-order valence-electron chi connectivity index (χ2n) is 5.47. The summed E-state index contributed by atoms with van der Waals surface area (Å²) in [6, 6.07) is 5.81. The molecule has 1 heterocycles. The molecule has 1 aromatic carbocycles. The summed E-state index contributed by atoms with van der Waals surface area (Å²) in [5, 5.41) is 0. The van der Waals surface area contributed by atoms with Crippen LogP contribution in [0.5, 0.6) is 5.75 Å². The third kappa shape index (κ3) is 2.35. The van der Waals surface area contributed by atoms with Gasteiger partial charge in [-0.15, -0.1) is 0 Å². The highest BCUT2D eigenvalue weighted by Crippen LogP contribution is 2.26. The first kappa shape index (κ1) is 11.8. The first-order chi connectivity index (χ1) is 7.90. The van der Waals surface area contributed by atoms with Crippen LogP contribution in [0.4, 0.5) is 5.95 Å². The Labute approximate surface area is 101 Å². The lowest BCUT2D eigenvalue weighted by atomic mass is 9.97. The highest BCUT2D eigenvalue weighted by Gasteiger charge is 2.16. The van der Waals surface area contributed by atoms with Crippen LogP contribution in [0.1, 0.15) is 20.8 Å². The molecule has 2 N–H and O–H groups in total. The lowest BCUT2D eigenvalue weighted by molar-refractivity contribution is 0.350. The van der Waals surface area contributed by atoms with Crippen LogP contribution < -0.4 is 10.5 Å². The number of hydrogen-bond acceptors (Lipinski definition) is 3. The number of hydrogen-bond donors (Lipinski definition) is 1. The van der Waals surface area contributed by atoms with Gasteiger partial charge in [0.2, 0.25) is 5.95 Å². The smallest absolute Gasteiger partial charge is 0.201 e. The van der Waals surface area contributed by atoms with Gasteiger partial charge >= 0.3 is 0 Å². The number of imidazole rings is 1. The molecule has 0 atom stereocenters. The molecule has 92 valence electrons. The Hall–Kier alpha value is -1.71. The highest BCUT2D eigenvalue weighted by molar-refractivity contribution is 5.79. The summed E-state index contributed by atoms with van der Waals surface area (Å²) < 4.78 is 7.27. The van der Waals surface area contributed by atoms with Gasteiger partial charge in [0.25, 0.3) is 0 Å². The second kappa shape index (κ2) is 3.95. The molecule has 0 unspecified atom stereocenters. The zero-order valence-electron chi connectivity index (χ0n) is 10.8. The Bertz CT molecular complexity index is 537. The van der Waals surface area contributed by atoms with Crippen molar-refractivity contribution in [1.82, 2.24) is 9.55 Å². The average Bonchev–Trinajstić information content (AvgIpc) is 2.53. The molecular weight excluding hydrogens is 214 g/mol. The van der Waals surface area contributed by atoms with Crippen LogP contribution in [-0.2, 0) is 6.54 Å². The summed E-state index contributed by atoms with van der Waals surface area (Å²) in [6.45, 7) is 7.37. The first-order valence-electron chi connectivity index (χ1n) is 5.70. The standard InChI is InChI=1S/C13H19N3O/c1-13(2,3)8-16-11-7-9(17-4)5-6-10(11)15-12(16)14/h5-7H,8H2,1-4H3,(H2,14,15). The van der Waals surface area contributed by atoms with E-state index >= 15 is 0 Å². The van der Waals surface area contributed by atoms with Gasteiger partial charge in [-0.3, -0.25) is 0 Å². The van der Waals surface area contributed by atoms with Crippen molar-refractivity contribution < 1.29 is 4.74 Å². The van der Waals surface area contributed by atoms with Gasteiger partial charge in [0, 0.05) is 12.6 Å². The molecule has 0 saturated carbocycles. The van der Waals surface area contributed by atoms with Crippen LogP contribution in [-0.4, -0.2) is 16.7 Å². The number of rotatable bonds is 2. The normalized spacial score (nSPS) is 12.0. The number of methoxy groups -OCH3 is 1. The molecule has 1 aromatic heterocycles. The maximum atomic E-state index is 5.96. The summed E-state index contributed by atoms with van der Waals surface area (Å²) >= 11 is 0. The van der Waals surface area contributed by atoms with Gasteiger partial charge in [0.15, 0.2) is 0 Å². The van der Waals surface area contributed by atoms with Gasteiger partial charge in [-0.05, 0) is 17.5 Å². The van der Waals surface area contributed by atoms with Crippen molar-refractivity contribution >= 4 is 17.0 Å². The predicted octanol–water partition coefficient (Wildman–Crippen LogP) is 2.67. The van der Waals surface area contributed by atoms with Gasteiger partial charge in [-0.2, -0.15) is 0 Å². The molecule has 0 spiro atoms. The van der Waals surface area contributed by atoms with E-state index in [0.29, 0.717) is 5.95 Å². The number of nitrogen functional groups attached to an aromatic ring is 1. The van der Waals surface area contributed by atoms with Crippen molar-refractivity contribution in [2.45, 2.75) is 27.3 Å². The molecule has 2 aromatic rings. The number of anilines is 1. The number of fused-ring (bicyclic) bond motifs is 1. The van der Waals surface area contributed by atoms with Gasteiger partial charge < -0.3 is 15.0 Å². The fraction of sp³-hybridized carbons (Fsp3) is 0.462. The van der Waals surface area contributed by atoms with E-state index in [1.807, 2.05) is 22.8 Å². The first-order valence-corrected chi connectivity index (χ1v) is 5.70. The van der Waals surface area contributed by atoms with Crippen molar-refractivity contribution in [2.24, 2.45) is 5.41 Å². The Kier molecular flexibility index (Phi) is 2.73. The van der Waals surface area contributed by atoms with E-state index in [9.17, 15) is 0 Å². The van der Waals surface area contributed by atoms with Crippen LogP contribution >= 0.6 is 0 Å². The summed E-state index contributed by atoms with van der Waals surface area (Å²) in [7, 11) is 1.66. The molecule has 0 aliphatic rings. The zero-order valence-corrected chi connectivity index (χ0v) is 10.8. The molecule has 0 aliphatic carbocycles. The summed E-state index contributed by atoms with van der Waals surface area (Å²) in [5.74, 6) is 1.38. The van der Waals surface area contributed by atoms with Gasteiger partial charge in [-0.25, -0.2) is 4.98 Å². The molecule has 17 heavy (non-hydrogen) atoms. The Morgan fingerprint density at radius 1 is 1.35 bits per heavy atom. The van der Waals surface area contributed by atoms with Crippen molar-refractivity contribution in [2.75, 3.05) is 12.8 Å². The Balaban J connectivity index is 2.56. The fourth-order valence-corrected chi connectivity index (χ4v) is 1.89. The van der Waals surface area contributed by atoms with Crippen LogP contribution in [0.3, 0.4) is 0 Å². The topological polar surface area (TPSA) is 53.1 Å². The van der Waals surface area contributed by atoms with E-state index in [1.165, 1.54) is 0 Å². The molecule has 0 saturated heterocycles. The number of benzene rings is 1. The Morgan fingerprint density at radius 2 is 2.06 bits per heavy atom. The van der Waals surface area contributed by atoms with E-state index in [2.05, 4.69) is 25.8 Å². The van der Waals surface area contributed by atoms with Crippen LogP contribution in [0.2, 0.25) is 0 Å². The third-order valence-corrected chi connectivity index (χ3v) is 2.62. The van der Waals surface area contributed by atoms with E-state index < -0.39 is 0 Å². The third-order valence-electron chi connectivity index (χ3n) is 2.62. The highest BCUT2D eigenvalue weighted by atomic mass is 16.5. The minimum Gasteiger partial charge on any atom is -0.497 e. The summed E-state index contributed by atoms with van der Waals surface area (Å²) in [5.41, 5.74) is 8.06. The number of nitrogens with zero attached hydrogens (tertiary/aromatic N) is 2. The number of ether oxygens (including phenoxy) is 1. The van der Waals surface area contributed by atoms with Crippen LogP contribution in [0.25, 0.3) is 11.0 Å². The molecule has 4 heteroatoms. The molecule has 2 rings (SSSR count). The van der Waals surface area contributed by atoms with Crippen molar-refractivity contribution in [1.29, 1.82) is 0 Å². The summed E-state index contributed by atoms with van der Waals surface area (Å²) in [6.07, 6.45) is 0. The maximum absolute atomic E-state index is 5.96. The molecule has 0 bridgehead atoms. The fourth-order valence-electron chi connectivity index (χ4n) is 1.89. The van der Waals surface area contributed by atoms with Gasteiger partial charge in [-0.1, -0.05) is 20.8 Å². The lowest BCUT2D eigenvalue weighted by Gasteiger charge is -2.20. The minimum atomic E-state index is 0.158. The van der Waals surface area contributed by atoms with Crippen LogP contribution in [0.15, 0.2) is 18.2 Å². The Morgan fingerprint density at radius 3 is 2.65 bits per heavy atom. The second-order valence-corrected chi connectivity index (χ2v) is 5.47. The number of aromatic nitrogens is 2. The molecule has 0 radical (unpaired) electrons. The van der Waals surface area contributed by atoms with E-state index in [4.69, 9.17) is 10.5 Å². The monoisotopic (exact) mass is 233 g/mol. The molecule has 4 nitrogen and oxygen atoms in total. The van der Waals surface area contributed by atoms with E-state index in [0.717, 1.165) is 23.3 Å². The molecular formula is C13H19N3O. The molecule has 0 fully saturated rings. The maximum Gasteiger partial charge on any atom is 0.201 e. The largest absolute Gasteiger partial charge is 0.497 e. The molecule has 0 amide bonds. The zero-order chi connectivity index (χ0) is 12.6. The minimum absolute atomic E-state index is 0.158. The van der Waals surface area contributed by atoms with Gasteiger partial charge in [0.1, 0.15) is 5.75 Å². The molecule has 0 aliphatic heterocycles. The van der Waals surface area contributed by atoms with Gasteiger partial charge in [0.05, 0.1) is 18.1 Å². The average molecular weight is 233 g/mol. The van der Waals surface area contributed by atoms with E-state index in [-0.39, 0.29) is 5.41 Å². The lowest BCUT2D eigenvalue weighted by Crippen LogP contribution is -2.17. The van der Waals surface area contributed by atoms with Crippen molar-refractivity contribution in [3.8, 4) is 5.75 Å². The predicted molar refractivity (Wildman–Crippen MR) is 70.2 cm³/mol. The quantitative estimate of drug-likeness (QED) is 0.867. The van der Waals surface area contributed by atoms with Crippen molar-refractivity contribution in [3.63, 3.8) is 0 Å².